The predicted octanol–water partition coefficient (Wildman–Crippen LogP) is 2.89. The van der Waals surface area contributed by atoms with Crippen molar-refractivity contribution in [2.45, 2.75) is 19.8 Å². The largest absolute Gasteiger partial charge is 0.495 e. The zero-order chi connectivity index (χ0) is 17.8. The van der Waals surface area contributed by atoms with Gasteiger partial charge in [-0.2, -0.15) is 0 Å². The maximum absolute atomic E-state index is 12.6. The lowest BCUT2D eigenvalue weighted by Crippen LogP contribution is -2.28. The van der Waals surface area contributed by atoms with Crippen molar-refractivity contribution >= 4 is 17.5 Å². The summed E-state index contributed by atoms with van der Waals surface area (Å²) in [6, 6.07) is 8.69. The molecule has 2 heterocycles. The molecule has 0 atom stereocenters. The molecule has 1 aromatic carbocycles. The van der Waals surface area contributed by atoms with Crippen LogP contribution in [-0.2, 0) is 0 Å². The fraction of sp³-hybridized carbons (Fsp3) is 0.316. The van der Waals surface area contributed by atoms with Gasteiger partial charge in [0.15, 0.2) is 0 Å². The van der Waals surface area contributed by atoms with Gasteiger partial charge in [0.05, 0.1) is 12.8 Å². The molecule has 2 amide bonds. The van der Waals surface area contributed by atoms with Crippen molar-refractivity contribution in [2.24, 2.45) is 0 Å². The standard InChI is InChI=1S/C19H21N3O3/c1-13-5-6-17(25-2)15(11-13)21-18(23)14-7-8-20-16(12-14)19(24)22-9-3-4-10-22/h5-8,11-12H,3-4,9-10H2,1-2H3,(H,21,23). The van der Waals surface area contributed by atoms with Crippen LogP contribution in [0.2, 0.25) is 0 Å². The number of nitrogens with one attached hydrogen (secondary N) is 1. The second-order valence-electron chi connectivity index (χ2n) is 6.09. The smallest absolute Gasteiger partial charge is 0.272 e. The number of likely N-dealkylation sites (tertiary alicyclic amines) is 1. The topological polar surface area (TPSA) is 71.5 Å². The number of amides is 2. The van der Waals surface area contributed by atoms with E-state index in [0.29, 0.717) is 22.7 Å². The van der Waals surface area contributed by atoms with Gasteiger partial charge in [0.1, 0.15) is 11.4 Å². The summed E-state index contributed by atoms with van der Waals surface area (Å²) < 4.78 is 5.28. The molecular formula is C19H21N3O3. The molecule has 130 valence electrons. The highest BCUT2D eigenvalue weighted by atomic mass is 16.5. The molecule has 0 unspecified atom stereocenters. The molecule has 6 nitrogen and oxygen atoms in total. The minimum atomic E-state index is -0.304. The maximum Gasteiger partial charge on any atom is 0.272 e. The van der Waals surface area contributed by atoms with Crippen LogP contribution in [0.3, 0.4) is 0 Å². The van der Waals surface area contributed by atoms with Gasteiger partial charge in [-0.1, -0.05) is 6.07 Å². The van der Waals surface area contributed by atoms with E-state index in [4.69, 9.17) is 4.74 Å². The lowest BCUT2D eigenvalue weighted by molar-refractivity contribution is 0.0787. The summed E-state index contributed by atoms with van der Waals surface area (Å²) in [6.07, 6.45) is 3.52. The molecule has 0 aliphatic carbocycles. The average Bonchev–Trinajstić information content (AvgIpc) is 3.16. The molecule has 1 aromatic heterocycles. The van der Waals surface area contributed by atoms with Gasteiger partial charge in [-0.15, -0.1) is 0 Å². The fourth-order valence-corrected chi connectivity index (χ4v) is 2.88. The number of aryl methyl sites for hydroxylation is 1. The van der Waals surface area contributed by atoms with Crippen LogP contribution in [0, 0.1) is 6.92 Å². The Morgan fingerprint density at radius 1 is 1.16 bits per heavy atom. The Balaban J connectivity index is 1.80. The Morgan fingerprint density at radius 2 is 1.92 bits per heavy atom. The van der Waals surface area contributed by atoms with Crippen LogP contribution in [-0.4, -0.2) is 41.9 Å². The highest BCUT2D eigenvalue weighted by molar-refractivity contribution is 6.06. The van der Waals surface area contributed by atoms with E-state index in [1.165, 1.54) is 12.3 Å². The molecule has 1 fully saturated rings. The first-order chi connectivity index (χ1) is 12.1. The predicted molar refractivity (Wildman–Crippen MR) is 95.1 cm³/mol. The van der Waals surface area contributed by atoms with Gasteiger partial charge in [-0.3, -0.25) is 14.6 Å². The number of benzene rings is 1. The minimum absolute atomic E-state index is 0.125. The van der Waals surface area contributed by atoms with Crippen LogP contribution in [0.1, 0.15) is 39.3 Å². The number of carbonyl (C=O) groups excluding carboxylic acids is 2. The molecule has 0 radical (unpaired) electrons. The summed E-state index contributed by atoms with van der Waals surface area (Å²) in [5, 5.41) is 2.84. The molecular weight excluding hydrogens is 318 g/mol. The minimum Gasteiger partial charge on any atom is -0.495 e. The van der Waals surface area contributed by atoms with Gasteiger partial charge in [0, 0.05) is 24.8 Å². The normalized spacial score (nSPS) is 13.6. The summed E-state index contributed by atoms with van der Waals surface area (Å²) in [5.41, 5.74) is 2.29. The van der Waals surface area contributed by atoms with Crippen LogP contribution < -0.4 is 10.1 Å². The molecule has 1 saturated heterocycles. The van der Waals surface area contributed by atoms with Gasteiger partial charge in [-0.25, -0.2) is 0 Å². The Morgan fingerprint density at radius 3 is 2.64 bits per heavy atom. The van der Waals surface area contributed by atoms with Crippen molar-refractivity contribution < 1.29 is 14.3 Å². The van der Waals surface area contributed by atoms with Gasteiger partial charge >= 0.3 is 0 Å². The molecule has 25 heavy (non-hydrogen) atoms. The number of pyridine rings is 1. The molecule has 1 aliphatic rings. The Bertz CT molecular complexity index is 798. The van der Waals surface area contributed by atoms with Gasteiger partial charge in [-0.05, 0) is 49.6 Å². The SMILES string of the molecule is COc1ccc(C)cc1NC(=O)c1ccnc(C(=O)N2CCCC2)c1. The van der Waals surface area contributed by atoms with E-state index in [1.807, 2.05) is 19.1 Å². The first-order valence-electron chi connectivity index (χ1n) is 8.30. The molecule has 1 aliphatic heterocycles. The number of carbonyl (C=O) groups is 2. The lowest BCUT2D eigenvalue weighted by Gasteiger charge is -2.15. The molecule has 1 N–H and O–H groups in total. The highest BCUT2D eigenvalue weighted by Gasteiger charge is 2.21. The summed E-state index contributed by atoms with van der Waals surface area (Å²) in [7, 11) is 1.56. The number of anilines is 1. The Labute approximate surface area is 146 Å². The van der Waals surface area contributed by atoms with E-state index in [2.05, 4.69) is 10.3 Å². The third-order valence-electron chi connectivity index (χ3n) is 4.24. The van der Waals surface area contributed by atoms with E-state index in [1.54, 1.807) is 24.1 Å². The lowest BCUT2D eigenvalue weighted by atomic mass is 10.1. The number of rotatable bonds is 4. The monoisotopic (exact) mass is 339 g/mol. The number of aromatic nitrogens is 1. The number of hydrogen-bond donors (Lipinski definition) is 1. The van der Waals surface area contributed by atoms with Crippen LogP contribution in [0.4, 0.5) is 5.69 Å². The third-order valence-corrected chi connectivity index (χ3v) is 4.24. The number of hydrogen-bond acceptors (Lipinski definition) is 4. The van der Waals surface area contributed by atoms with Crippen LogP contribution in [0.25, 0.3) is 0 Å². The van der Waals surface area contributed by atoms with E-state index < -0.39 is 0 Å². The van der Waals surface area contributed by atoms with Crippen molar-refractivity contribution in [1.82, 2.24) is 9.88 Å². The molecule has 0 saturated carbocycles. The average molecular weight is 339 g/mol. The van der Waals surface area contributed by atoms with E-state index in [-0.39, 0.29) is 11.8 Å². The fourth-order valence-electron chi connectivity index (χ4n) is 2.88. The zero-order valence-electron chi connectivity index (χ0n) is 14.4. The van der Waals surface area contributed by atoms with Gasteiger partial charge in [0.2, 0.25) is 0 Å². The van der Waals surface area contributed by atoms with Crippen molar-refractivity contribution in [1.29, 1.82) is 0 Å². The highest BCUT2D eigenvalue weighted by Crippen LogP contribution is 2.25. The Hall–Kier alpha value is -2.89. The molecule has 2 aromatic rings. The molecule has 0 spiro atoms. The van der Waals surface area contributed by atoms with Crippen LogP contribution in [0.5, 0.6) is 5.75 Å². The van der Waals surface area contributed by atoms with Crippen molar-refractivity contribution in [3.63, 3.8) is 0 Å². The van der Waals surface area contributed by atoms with Crippen LogP contribution >= 0.6 is 0 Å². The van der Waals surface area contributed by atoms with E-state index in [0.717, 1.165) is 31.5 Å². The molecule has 6 heteroatoms. The summed E-state index contributed by atoms with van der Waals surface area (Å²) in [5.74, 6) is 0.156. The first-order valence-corrected chi connectivity index (χ1v) is 8.30. The summed E-state index contributed by atoms with van der Waals surface area (Å²) in [4.78, 5) is 30.9. The summed E-state index contributed by atoms with van der Waals surface area (Å²) in [6.45, 7) is 3.43. The first kappa shape index (κ1) is 17.0. The molecule has 0 bridgehead atoms. The quantitative estimate of drug-likeness (QED) is 0.930. The van der Waals surface area contributed by atoms with Crippen LogP contribution in [0.15, 0.2) is 36.5 Å². The summed E-state index contributed by atoms with van der Waals surface area (Å²) >= 11 is 0. The number of nitrogens with zero attached hydrogens (tertiary/aromatic N) is 2. The zero-order valence-corrected chi connectivity index (χ0v) is 14.4. The molecule has 3 rings (SSSR count). The second kappa shape index (κ2) is 7.34. The van der Waals surface area contributed by atoms with E-state index in [9.17, 15) is 9.59 Å². The van der Waals surface area contributed by atoms with Gasteiger partial charge < -0.3 is 15.0 Å². The van der Waals surface area contributed by atoms with Crippen molar-refractivity contribution in [3.8, 4) is 5.75 Å². The number of ether oxygens (including phenoxy) is 1. The third kappa shape index (κ3) is 3.79. The Kier molecular flexibility index (Phi) is 4.97. The van der Waals surface area contributed by atoms with Gasteiger partial charge in [0.25, 0.3) is 11.8 Å². The second-order valence-corrected chi connectivity index (χ2v) is 6.09. The van der Waals surface area contributed by atoms with E-state index >= 15 is 0 Å². The maximum atomic E-state index is 12.6. The number of methoxy groups -OCH3 is 1. The van der Waals surface area contributed by atoms with Crippen molar-refractivity contribution in [3.05, 3.63) is 53.3 Å². The van der Waals surface area contributed by atoms with Crippen molar-refractivity contribution in [2.75, 3.05) is 25.5 Å².